The van der Waals surface area contributed by atoms with E-state index in [1.165, 1.54) is 12.8 Å². The Labute approximate surface area is 150 Å². The minimum Gasteiger partial charge on any atom is -0.462 e. The molecule has 0 bridgehead atoms. The number of ether oxygens (including phenoxy) is 2. The van der Waals surface area contributed by atoms with Crippen molar-refractivity contribution in [2.75, 3.05) is 13.2 Å². The molecule has 1 aromatic rings. The molecule has 1 saturated heterocycles. The Bertz CT molecular complexity index is 721. The molecule has 1 aliphatic heterocycles. The Balaban J connectivity index is 1.29. The molecule has 1 spiro atoms. The van der Waals surface area contributed by atoms with E-state index in [0.717, 1.165) is 42.8 Å². The number of hydrogen-bond donors (Lipinski definition) is 0. The normalized spacial score (nSPS) is 42.1. The van der Waals surface area contributed by atoms with E-state index in [-0.39, 0.29) is 11.6 Å². The fraction of sp³-hybridized carbons (Fsp3) is 0.682. The Hall–Kier alpha value is -1.35. The number of benzene rings is 1. The molecule has 5 rings (SSSR count). The first-order chi connectivity index (χ1) is 11.9. The molecule has 1 heterocycles. The van der Waals surface area contributed by atoms with E-state index in [9.17, 15) is 4.79 Å². The summed E-state index contributed by atoms with van der Waals surface area (Å²) >= 11 is 0. The minimum atomic E-state index is -0.213. The predicted octanol–water partition coefficient (Wildman–Crippen LogP) is 4.38. The number of esters is 1. The largest absolute Gasteiger partial charge is 0.462 e. The zero-order valence-corrected chi connectivity index (χ0v) is 15.5. The molecule has 0 radical (unpaired) electrons. The summed E-state index contributed by atoms with van der Waals surface area (Å²) in [5, 5.41) is 0. The highest BCUT2D eigenvalue weighted by Gasteiger charge is 2.83. The lowest BCUT2D eigenvalue weighted by molar-refractivity contribution is -0.143. The maximum Gasteiger partial charge on any atom is 0.338 e. The van der Waals surface area contributed by atoms with Crippen LogP contribution in [0.5, 0.6) is 0 Å². The fourth-order valence-corrected chi connectivity index (χ4v) is 6.52. The maximum atomic E-state index is 12.3. The lowest BCUT2D eigenvalue weighted by Crippen LogP contribution is -2.47. The first-order valence-corrected chi connectivity index (χ1v) is 9.76. The van der Waals surface area contributed by atoms with Crippen molar-refractivity contribution in [3.63, 3.8) is 0 Å². The van der Waals surface area contributed by atoms with E-state index in [1.807, 2.05) is 31.2 Å². The van der Waals surface area contributed by atoms with Gasteiger partial charge in [0.2, 0.25) is 0 Å². The molecule has 4 fully saturated rings. The third-order valence-corrected chi connectivity index (χ3v) is 7.72. The topological polar surface area (TPSA) is 35.5 Å². The van der Waals surface area contributed by atoms with Gasteiger partial charge in [-0.1, -0.05) is 31.5 Å². The van der Waals surface area contributed by atoms with Gasteiger partial charge in [-0.15, -0.1) is 0 Å². The van der Waals surface area contributed by atoms with Crippen LogP contribution in [0.25, 0.3) is 0 Å². The Morgan fingerprint density at radius 2 is 2.04 bits per heavy atom. The van der Waals surface area contributed by atoms with E-state index < -0.39 is 0 Å². The number of fused-ring (bicyclic) bond motifs is 1. The quantitative estimate of drug-likeness (QED) is 0.763. The van der Waals surface area contributed by atoms with Crippen LogP contribution in [0.2, 0.25) is 0 Å². The molecule has 3 nitrogen and oxygen atoms in total. The second kappa shape index (κ2) is 4.88. The first kappa shape index (κ1) is 15.9. The summed E-state index contributed by atoms with van der Waals surface area (Å²) < 4.78 is 12.2. The zero-order valence-electron chi connectivity index (χ0n) is 15.5. The van der Waals surface area contributed by atoms with Gasteiger partial charge in [-0.3, -0.25) is 0 Å². The summed E-state index contributed by atoms with van der Waals surface area (Å²) in [6.07, 6.45) is 4.66. The zero-order chi connectivity index (χ0) is 17.4. The number of carbonyl (C=O) groups excluding carboxylic acids is 1. The SMILES string of the molecule is Cc1ccc(C(=O)OCC[C@]23CC(C)(C)[C@@H]4C[C@@]42[C@@H]2C[C@@H]2CO3)cc1. The molecular formula is C22H28O3. The maximum absolute atomic E-state index is 12.3. The van der Waals surface area contributed by atoms with Crippen LogP contribution in [-0.4, -0.2) is 24.8 Å². The van der Waals surface area contributed by atoms with Crippen molar-refractivity contribution in [3.05, 3.63) is 35.4 Å². The summed E-state index contributed by atoms with van der Waals surface area (Å²) in [6.45, 7) is 8.22. The van der Waals surface area contributed by atoms with Crippen molar-refractivity contribution in [2.45, 2.75) is 52.1 Å². The van der Waals surface area contributed by atoms with E-state index in [2.05, 4.69) is 13.8 Å². The molecule has 3 saturated carbocycles. The predicted molar refractivity (Wildman–Crippen MR) is 95.3 cm³/mol. The van der Waals surface area contributed by atoms with Crippen molar-refractivity contribution >= 4 is 5.97 Å². The van der Waals surface area contributed by atoms with E-state index in [4.69, 9.17) is 9.47 Å². The number of hydrogen-bond acceptors (Lipinski definition) is 3. The molecule has 134 valence electrons. The minimum absolute atomic E-state index is 0.0492. The van der Waals surface area contributed by atoms with Crippen LogP contribution in [0.4, 0.5) is 0 Å². The summed E-state index contributed by atoms with van der Waals surface area (Å²) in [6, 6.07) is 7.60. The van der Waals surface area contributed by atoms with Crippen LogP contribution >= 0.6 is 0 Å². The summed E-state index contributed by atoms with van der Waals surface area (Å²) in [5.41, 5.74) is 2.50. The van der Waals surface area contributed by atoms with Crippen molar-refractivity contribution in [1.29, 1.82) is 0 Å². The van der Waals surface area contributed by atoms with Gasteiger partial charge in [0.15, 0.2) is 0 Å². The smallest absolute Gasteiger partial charge is 0.338 e. The molecule has 25 heavy (non-hydrogen) atoms. The van der Waals surface area contributed by atoms with Gasteiger partial charge in [0.25, 0.3) is 0 Å². The highest BCUT2D eigenvalue weighted by molar-refractivity contribution is 5.89. The van der Waals surface area contributed by atoms with E-state index in [1.54, 1.807) is 0 Å². The Kier molecular flexibility index (Phi) is 3.10. The lowest BCUT2D eigenvalue weighted by Gasteiger charge is -2.43. The second-order valence-corrected chi connectivity index (χ2v) is 9.62. The molecule has 5 atom stereocenters. The molecule has 3 aliphatic carbocycles. The van der Waals surface area contributed by atoms with Gasteiger partial charge in [-0.2, -0.15) is 0 Å². The Morgan fingerprint density at radius 3 is 2.76 bits per heavy atom. The first-order valence-electron chi connectivity index (χ1n) is 9.76. The highest BCUT2D eigenvalue weighted by atomic mass is 16.5. The molecule has 1 aromatic carbocycles. The molecule has 3 heteroatoms. The van der Waals surface area contributed by atoms with Crippen molar-refractivity contribution in [1.82, 2.24) is 0 Å². The van der Waals surface area contributed by atoms with Crippen LogP contribution in [0, 0.1) is 35.5 Å². The van der Waals surface area contributed by atoms with Gasteiger partial charge in [0.1, 0.15) is 0 Å². The van der Waals surface area contributed by atoms with Crippen LogP contribution in [0.3, 0.4) is 0 Å². The van der Waals surface area contributed by atoms with Gasteiger partial charge in [0, 0.05) is 11.8 Å². The van der Waals surface area contributed by atoms with Gasteiger partial charge < -0.3 is 9.47 Å². The molecule has 0 N–H and O–H groups in total. The third-order valence-electron chi connectivity index (χ3n) is 7.72. The average molecular weight is 340 g/mol. The molecule has 0 unspecified atom stereocenters. The monoisotopic (exact) mass is 340 g/mol. The van der Waals surface area contributed by atoms with Crippen molar-refractivity contribution < 1.29 is 14.3 Å². The number of carbonyl (C=O) groups is 1. The molecule has 4 aliphatic rings. The summed E-state index contributed by atoms with van der Waals surface area (Å²) in [7, 11) is 0. The summed E-state index contributed by atoms with van der Waals surface area (Å²) in [4.78, 5) is 12.3. The standard InChI is InChI=1S/C22H28O3/c1-14-4-6-15(7-5-14)19(23)24-9-8-21-13-20(2,3)18-11-22(18,21)17-10-16(17)12-25-21/h4-7,16-18H,8-13H2,1-3H3/t16-,17-,18+,21+,22-/m1/s1. The van der Waals surface area contributed by atoms with Crippen LogP contribution in [0.15, 0.2) is 24.3 Å². The molecular weight excluding hydrogens is 312 g/mol. The van der Waals surface area contributed by atoms with Gasteiger partial charge in [0.05, 0.1) is 24.4 Å². The van der Waals surface area contributed by atoms with E-state index >= 15 is 0 Å². The summed E-state index contributed by atoms with van der Waals surface area (Å²) in [5.74, 6) is 2.28. The highest BCUT2D eigenvalue weighted by Crippen LogP contribution is 2.85. The van der Waals surface area contributed by atoms with Crippen molar-refractivity contribution in [3.8, 4) is 0 Å². The van der Waals surface area contributed by atoms with Gasteiger partial charge >= 0.3 is 5.97 Å². The van der Waals surface area contributed by atoms with Crippen LogP contribution in [-0.2, 0) is 9.47 Å². The fourth-order valence-electron chi connectivity index (χ4n) is 6.52. The molecule has 0 aromatic heterocycles. The van der Waals surface area contributed by atoms with Gasteiger partial charge in [-0.05, 0) is 61.5 Å². The average Bonchev–Trinajstić information content (AvgIpc) is 3.44. The van der Waals surface area contributed by atoms with E-state index in [0.29, 0.717) is 23.0 Å². The van der Waals surface area contributed by atoms with Gasteiger partial charge in [-0.25, -0.2) is 4.79 Å². The van der Waals surface area contributed by atoms with Crippen LogP contribution in [0.1, 0.15) is 55.5 Å². The lowest BCUT2D eigenvalue weighted by atomic mass is 9.75. The number of aryl methyl sites for hydroxylation is 1. The second-order valence-electron chi connectivity index (χ2n) is 9.62. The Morgan fingerprint density at radius 1 is 1.28 bits per heavy atom. The van der Waals surface area contributed by atoms with Crippen molar-refractivity contribution in [2.24, 2.45) is 28.6 Å². The molecule has 0 amide bonds. The number of rotatable bonds is 4. The van der Waals surface area contributed by atoms with Crippen LogP contribution < -0.4 is 0 Å². The third kappa shape index (κ3) is 2.11.